The van der Waals surface area contributed by atoms with Crippen molar-refractivity contribution in [2.75, 3.05) is 0 Å². The average Bonchev–Trinajstić information content (AvgIpc) is 2.89. The maximum absolute atomic E-state index is 8.25. The maximum atomic E-state index is 8.25. The standard InChI is InChI=1S/2C12H12N2.2NO3.6H2O/c2*1(11-3-7-13-8-4-11)2-12-5-9-14-10-6-12;2*2-1(3)4;;;;;;/h2*3-10H,1-2H2;;;6*1H2/q;;2*-1;;;;;;/p+2. The first-order valence-electron chi connectivity index (χ1n) is 10.7. The second kappa shape index (κ2) is 32.0. The number of rotatable bonds is 6. The van der Waals surface area contributed by atoms with Crippen molar-refractivity contribution in [1.82, 2.24) is 9.97 Å². The van der Waals surface area contributed by atoms with Crippen LogP contribution in [-0.4, -0.2) is 53.0 Å². The highest BCUT2D eigenvalue weighted by Gasteiger charge is 1.96. The second-order valence-corrected chi connectivity index (χ2v) is 6.97. The Morgan fingerprint density at radius 2 is 0.643 bits per heavy atom. The van der Waals surface area contributed by atoms with Gasteiger partial charge in [0.05, 0.1) is 10.2 Å². The summed E-state index contributed by atoms with van der Waals surface area (Å²) in [5.74, 6) is 0. The molecule has 4 aromatic rings. The molecule has 0 unspecified atom stereocenters. The summed E-state index contributed by atoms with van der Waals surface area (Å²) in [6.45, 7) is 0. The largest absolute Gasteiger partial charge is 0.412 e. The van der Waals surface area contributed by atoms with Crippen molar-refractivity contribution in [3.63, 3.8) is 0 Å². The minimum absolute atomic E-state index is 0. The van der Waals surface area contributed by atoms with Crippen molar-refractivity contribution in [3.8, 4) is 0 Å². The monoisotopic (exact) mass is 602 g/mol. The van der Waals surface area contributed by atoms with Gasteiger partial charge >= 0.3 is 0 Å². The van der Waals surface area contributed by atoms with E-state index in [-0.39, 0.29) is 32.9 Å². The Bertz CT molecular complexity index is 942. The van der Waals surface area contributed by atoms with Crippen LogP contribution in [0.5, 0.6) is 0 Å². The molecule has 0 amide bonds. The van der Waals surface area contributed by atoms with E-state index >= 15 is 0 Å². The van der Waals surface area contributed by atoms with Gasteiger partial charge in [0.2, 0.25) is 0 Å². The lowest BCUT2D eigenvalue weighted by molar-refractivity contribution is -0.403. The van der Waals surface area contributed by atoms with Crippen molar-refractivity contribution in [2.45, 2.75) is 25.7 Å². The molecule has 0 saturated carbocycles. The van der Waals surface area contributed by atoms with Gasteiger partial charge in [-0.3, -0.25) is 9.97 Å². The summed E-state index contributed by atoms with van der Waals surface area (Å²) in [5, 5.41) is 29.5. The normalized spacial score (nSPS) is 7.81. The molecule has 4 rings (SSSR count). The molecule has 0 atom stereocenters. The summed E-state index contributed by atoms with van der Waals surface area (Å²) in [6, 6.07) is 16.7. The Morgan fingerprint density at radius 3 is 0.857 bits per heavy atom. The quantitative estimate of drug-likeness (QED) is 0.174. The van der Waals surface area contributed by atoms with E-state index in [0.717, 1.165) is 25.7 Å². The number of aryl methyl sites for hydroxylation is 4. The zero-order valence-electron chi connectivity index (χ0n) is 22.3. The van der Waals surface area contributed by atoms with Gasteiger partial charge in [-0.2, -0.15) is 0 Å². The van der Waals surface area contributed by atoms with Gasteiger partial charge in [0.25, 0.3) is 0 Å². The van der Waals surface area contributed by atoms with Crippen LogP contribution in [0.2, 0.25) is 0 Å². The van der Waals surface area contributed by atoms with Crippen LogP contribution in [0.1, 0.15) is 22.3 Å². The van der Waals surface area contributed by atoms with Crippen LogP contribution in [0.3, 0.4) is 0 Å². The first-order valence-corrected chi connectivity index (χ1v) is 10.7. The summed E-state index contributed by atoms with van der Waals surface area (Å²) in [7, 11) is 0. The highest BCUT2D eigenvalue weighted by atomic mass is 16.9. The molecule has 4 heterocycles. The molecule has 0 fully saturated rings. The lowest BCUT2D eigenvalue weighted by Gasteiger charge is -1.99. The van der Waals surface area contributed by atoms with Gasteiger partial charge in [-0.15, -0.1) is 0 Å². The fourth-order valence-electron chi connectivity index (χ4n) is 2.85. The van der Waals surface area contributed by atoms with E-state index in [1.54, 1.807) is 0 Å². The van der Waals surface area contributed by atoms with Crippen LogP contribution < -0.4 is 9.97 Å². The number of hydrogen-bond acceptors (Lipinski definition) is 8. The van der Waals surface area contributed by atoms with Crippen molar-refractivity contribution >= 4 is 0 Å². The molecular weight excluding hydrogens is 564 g/mol. The molecule has 0 spiro atoms. The van der Waals surface area contributed by atoms with Crippen molar-refractivity contribution in [2.24, 2.45) is 0 Å². The summed E-state index contributed by atoms with van der Waals surface area (Å²) in [4.78, 5) is 30.5. The molecule has 0 aliphatic carbocycles. The molecule has 0 aliphatic heterocycles. The lowest BCUT2D eigenvalue weighted by atomic mass is 10.1. The number of H-pyrrole nitrogens is 2. The first kappa shape index (κ1) is 49.7. The first-order chi connectivity index (χ1) is 17.4. The smallest absolute Gasteiger partial charge is 0.167 e. The van der Waals surface area contributed by atoms with Crippen LogP contribution in [0.25, 0.3) is 0 Å². The Labute approximate surface area is 240 Å². The molecule has 0 radical (unpaired) electrons. The average molecular weight is 603 g/mol. The molecule has 0 aliphatic rings. The predicted octanol–water partition coefficient (Wildman–Crippen LogP) is -2.06. The van der Waals surface area contributed by atoms with Crippen molar-refractivity contribution in [3.05, 3.63) is 151 Å². The molecule has 18 nitrogen and oxygen atoms in total. The molecule has 18 heteroatoms. The Hall–Kier alpha value is -5.24. The van der Waals surface area contributed by atoms with Gasteiger partial charge in [0.1, 0.15) is 0 Å². The summed E-state index contributed by atoms with van der Waals surface area (Å²) in [5.41, 5.74) is 5.40. The zero-order valence-corrected chi connectivity index (χ0v) is 22.3. The van der Waals surface area contributed by atoms with Gasteiger partial charge in [-0.1, -0.05) is 0 Å². The Kier molecular flexibility index (Phi) is 37.8. The maximum Gasteiger partial charge on any atom is 0.167 e. The number of aromatic nitrogens is 4. The number of nitrogens with zero attached hydrogens (tertiary/aromatic N) is 4. The van der Waals surface area contributed by atoms with Crippen molar-refractivity contribution < 1.29 is 53.0 Å². The highest BCUT2D eigenvalue weighted by Crippen LogP contribution is 2.05. The van der Waals surface area contributed by atoms with E-state index < -0.39 is 10.2 Å². The van der Waals surface area contributed by atoms with Crippen LogP contribution in [0.4, 0.5) is 0 Å². The SMILES string of the molecule is O.O.O.O.O.O.O=[N+]([O-])[O-].O=[N+]([O-])[O-].c1cc(CCc2cc[nH+]cc2)ccn1.c1cc(CCc2cc[nH+]cc2)ccn1. The van der Waals surface area contributed by atoms with Gasteiger partial charge in [-0.25, -0.2) is 9.97 Å². The highest BCUT2D eigenvalue weighted by molar-refractivity contribution is 5.15. The number of aromatic amines is 2. The molecule has 14 N–H and O–H groups in total. The van der Waals surface area contributed by atoms with E-state index in [0.29, 0.717) is 0 Å². The van der Waals surface area contributed by atoms with E-state index in [4.69, 9.17) is 30.6 Å². The van der Waals surface area contributed by atoms with Crippen molar-refractivity contribution in [1.29, 1.82) is 0 Å². The third-order valence-corrected chi connectivity index (χ3v) is 4.48. The fraction of sp³-hybridized carbons (Fsp3) is 0.167. The van der Waals surface area contributed by atoms with Gasteiger partial charge in [0, 0.05) is 49.1 Å². The summed E-state index contributed by atoms with van der Waals surface area (Å²) in [6.07, 6.45) is 19.5. The summed E-state index contributed by atoms with van der Waals surface area (Å²) < 4.78 is 0. The third-order valence-electron chi connectivity index (χ3n) is 4.48. The van der Waals surface area contributed by atoms with Crippen LogP contribution in [0.15, 0.2) is 98.1 Å². The van der Waals surface area contributed by atoms with Gasteiger partial charge in [0.15, 0.2) is 24.8 Å². The number of pyridine rings is 4. The minimum Gasteiger partial charge on any atom is -0.412 e. The number of hydrogen-bond donors (Lipinski definition) is 0. The zero-order chi connectivity index (χ0) is 26.4. The van der Waals surface area contributed by atoms with E-state index in [1.165, 1.54) is 22.3 Å². The molecule has 0 bridgehead atoms. The second-order valence-electron chi connectivity index (χ2n) is 6.97. The lowest BCUT2D eigenvalue weighted by Crippen LogP contribution is -1.99. The van der Waals surface area contributed by atoms with Crippen LogP contribution in [0, 0.1) is 30.6 Å². The summed E-state index contributed by atoms with van der Waals surface area (Å²) >= 11 is 0. The number of nitrogens with one attached hydrogen (secondary N) is 2. The van der Waals surface area contributed by atoms with E-state index in [9.17, 15) is 0 Å². The molecule has 236 valence electrons. The van der Waals surface area contributed by atoms with Crippen LogP contribution in [-0.2, 0) is 25.7 Å². The molecule has 0 aromatic carbocycles. The predicted molar refractivity (Wildman–Crippen MR) is 152 cm³/mol. The van der Waals surface area contributed by atoms with Crippen LogP contribution >= 0.6 is 0 Å². The molecule has 42 heavy (non-hydrogen) atoms. The van der Waals surface area contributed by atoms with Gasteiger partial charge in [-0.05, 0) is 72.2 Å². The van der Waals surface area contributed by atoms with E-state index in [1.807, 2.05) is 49.6 Å². The van der Waals surface area contributed by atoms with E-state index in [2.05, 4.69) is 68.5 Å². The third kappa shape index (κ3) is 29.3. The Balaban J connectivity index is -0.000000111. The minimum atomic E-state index is -1.75. The Morgan fingerprint density at radius 1 is 0.452 bits per heavy atom. The van der Waals surface area contributed by atoms with Gasteiger partial charge < -0.3 is 63.5 Å². The fourth-order valence-corrected chi connectivity index (χ4v) is 2.85. The molecule has 0 saturated heterocycles. The molecule has 4 aromatic heterocycles. The topological polar surface area (TPSA) is 375 Å². The molecular formula is C24H38N6O12.